The molecule has 0 fully saturated rings. The number of nitrogens with one attached hydrogen (secondary N) is 1. The maximum Gasteiger partial charge on any atom is 0.326 e. The molecule has 112 valence electrons. The fourth-order valence-corrected chi connectivity index (χ4v) is 1.38. The molecule has 0 saturated heterocycles. The second-order valence-electron chi connectivity index (χ2n) is 4.74. The van der Waals surface area contributed by atoms with Gasteiger partial charge in [-0.1, -0.05) is 13.8 Å². The summed E-state index contributed by atoms with van der Waals surface area (Å²) in [5.74, 6) is -2.83. The Morgan fingerprint density at radius 3 is 1.74 bits per heavy atom. The monoisotopic (exact) mass is 279 g/mol. The largest absolute Gasteiger partial charge is 0.480 e. The first-order valence-electron chi connectivity index (χ1n) is 5.85. The fraction of sp³-hybridized carbons (Fsp3) is 0.818. The SMILES string of the molecule is CC(C)[C@H](NC(=O)[C@H](O)[C@H](O)[C@@H](O)[C@H](C)O)C(=O)O. The van der Waals surface area contributed by atoms with Gasteiger partial charge in [-0.3, -0.25) is 4.79 Å². The van der Waals surface area contributed by atoms with Crippen molar-refractivity contribution in [3.63, 3.8) is 0 Å². The average Bonchev–Trinajstić information content (AvgIpc) is 2.31. The Labute approximate surface area is 110 Å². The van der Waals surface area contributed by atoms with E-state index in [0.29, 0.717) is 0 Å². The summed E-state index contributed by atoms with van der Waals surface area (Å²) in [4.78, 5) is 22.4. The number of hydrogen-bond acceptors (Lipinski definition) is 6. The molecule has 8 heteroatoms. The average molecular weight is 279 g/mol. The van der Waals surface area contributed by atoms with Gasteiger partial charge in [-0.2, -0.15) is 0 Å². The third-order valence-corrected chi connectivity index (χ3v) is 2.67. The number of hydrogen-bond donors (Lipinski definition) is 6. The molecule has 0 aromatic heterocycles. The second-order valence-corrected chi connectivity index (χ2v) is 4.74. The van der Waals surface area contributed by atoms with E-state index >= 15 is 0 Å². The molecule has 0 spiro atoms. The van der Waals surface area contributed by atoms with E-state index in [9.17, 15) is 24.9 Å². The highest BCUT2D eigenvalue weighted by molar-refractivity contribution is 5.86. The minimum atomic E-state index is -2.04. The molecule has 0 aliphatic heterocycles. The zero-order chi connectivity index (χ0) is 15.3. The zero-order valence-electron chi connectivity index (χ0n) is 11.0. The Morgan fingerprint density at radius 1 is 0.947 bits per heavy atom. The van der Waals surface area contributed by atoms with Crippen molar-refractivity contribution in [3.05, 3.63) is 0 Å². The maximum absolute atomic E-state index is 11.6. The normalized spacial score (nSPS) is 19.4. The Balaban J connectivity index is 4.69. The number of carboxylic acids is 1. The van der Waals surface area contributed by atoms with Crippen LogP contribution in [0.15, 0.2) is 0 Å². The molecule has 0 unspecified atom stereocenters. The predicted molar refractivity (Wildman–Crippen MR) is 64.1 cm³/mol. The minimum Gasteiger partial charge on any atom is -0.480 e. The molecule has 0 saturated carbocycles. The van der Waals surface area contributed by atoms with Crippen LogP contribution in [0.25, 0.3) is 0 Å². The van der Waals surface area contributed by atoms with Crippen molar-refractivity contribution < 1.29 is 35.1 Å². The molecule has 0 aromatic carbocycles. The van der Waals surface area contributed by atoms with E-state index in [0.717, 1.165) is 0 Å². The van der Waals surface area contributed by atoms with Crippen LogP contribution in [-0.4, -0.2) is 67.9 Å². The Kier molecular flexibility index (Phi) is 6.91. The topological polar surface area (TPSA) is 147 Å². The number of carboxylic acid groups (broad SMARTS) is 1. The van der Waals surface area contributed by atoms with Gasteiger partial charge in [0.2, 0.25) is 0 Å². The second kappa shape index (κ2) is 7.39. The summed E-state index contributed by atoms with van der Waals surface area (Å²) in [5.41, 5.74) is 0. The summed E-state index contributed by atoms with van der Waals surface area (Å²) in [6, 6.07) is -1.22. The zero-order valence-corrected chi connectivity index (χ0v) is 11.0. The number of amides is 1. The summed E-state index contributed by atoms with van der Waals surface area (Å²) in [5, 5.41) is 48.2. The summed E-state index contributed by atoms with van der Waals surface area (Å²) in [6.45, 7) is 4.30. The lowest BCUT2D eigenvalue weighted by Gasteiger charge is -2.26. The molecule has 0 radical (unpaired) electrons. The first kappa shape index (κ1) is 17.8. The van der Waals surface area contributed by atoms with Crippen LogP contribution >= 0.6 is 0 Å². The van der Waals surface area contributed by atoms with Gasteiger partial charge in [0.05, 0.1) is 6.10 Å². The van der Waals surface area contributed by atoms with Crippen LogP contribution in [0.4, 0.5) is 0 Å². The van der Waals surface area contributed by atoms with E-state index in [1.165, 1.54) is 6.92 Å². The fourth-order valence-electron chi connectivity index (χ4n) is 1.38. The number of carbonyl (C=O) groups excluding carboxylic acids is 1. The first-order valence-corrected chi connectivity index (χ1v) is 5.85. The van der Waals surface area contributed by atoms with Crippen LogP contribution < -0.4 is 5.32 Å². The highest BCUT2D eigenvalue weighted by atomic mass is 16.4. The van der Waals surface area contributed by atoms with E-state index in [1.807, 2.05) is 5.32 Å². The van der Waals surface area contributed by atoms with Crippen molar-refractivity contribution in [1.82, 2.24) is 5.32 Å². The van der Waals surface area contributed by atoms with Crippen LogP contribution in [0.2, 0.25) is 0 Å². The van der Waals surface area contributed by atoms with Crippen LogP contribution in [0.1, 0.15) is 20.8 Å². The molecular formula is C11H21NO7. The predicted octanol–water partition coefficient (Wildman–Crippen LogP) is -2.32. The standard InChI is InChI=1S/C11H21NO7/c1-4(2)6(11(18)19)12-10(17)9(16)8(15)7(14)5(3)13/h4-9,13-16H,1-3H3,(H,12,17)(H,18,19)/t5-,6-,7-,8+,9+/m0/s1. The lowest BCUT2D eigenvalue weighted by Crippen LogP contribution is -2.54. The third-order valence-electron chi connectivity index (χ3n) is 2.67. The van der Waals surface area contributed by atoms with Gasteiger partial charge >= 0.3 is 5.97 Å². The van der Waals surface area contributed by atoms with E-state index in [2.05, 4.69) is 0 Å². The number of carbonyl (C=O) groups is 2. The molecule has 0 heterocycles. The molecule has 0 rings (SSSR count). The van der Waals surface area contributed by atoms with Crippen molar-refractivity contribution in [2.45, 2.75) is 51.2 Å². The lowest BCUT2D eigenvalue weighted by molar-refractivity contribution is -0.151. The Hall–Kier alpha value is -1.22. The minimum absolute atomic E-state index is 0.424. The molecule has 5 atom stereocenters. The van der Waals surface area contributed by atoms with Crippen molar-refractivity contribution in [1.29, 1.82) is 0 Å². The molecule has 0 aliphatic carbocycles. The molecule has 1 amide bonds. The third kappa shape index (κ3) is 5.11. The first-order chi connectivity index (χ1) is 8.59. The van der Waals surface area contributed by atoms with Gasteiger partial charge in [0.15, 0.2) is 6.10 Å². The summed E-state index contributed by atoms with van der Waals surface area (Å²) in [7, 11) is 0. The van der Waals surface area contributed by atoms with E-state index in [1.54, 1.807) is 13.8 Å². The van der Waals surface area contributed by atoms with Gasteiger partial charge in [-0.25, -0.2) is 4.79 Å². The van der Waals surface area contributed by atoms with Gasteiger partial charge < -0.3 is 30.8 Å². The van der Waals surface area contributed by atoms with Crippen molar-refractivity contribution >= 4 is 11.9 Å². The van der Waals surface area contributed by atoms with Crippen molar-refractivity contribution in [3.8, 4) is 0 Å². The van der Waals surface area contributed by atoms with Gasteiger partial charge in [0, 0.05) is 0 Å². The van der Waals surface area contributed by atoms with Gasteiger partial charge in [0.25, 0.3) is 5.91 Å². The summed E-state index contributed by atoms with van der Waals surface area (Å²) < 4.78 is 0. The number of aliphatic carboxylic acids is 1. The molecule has 19 heavy (non-hydrogen) atoms. The number of aliphatic hydroxyl groups is 4. The summed E-state index contributed by atoms with van der Waals surface area (Å²) >= 11 is 0. The highest BCUT2D eigenvalue weighted by Gasteiger charge is 2.35. The number of rotatable bonds is 7. The van der Waals surface area contributed by atoms with Gasteiger partial charge in [0.1, 0.15) is 18.2 Å². The van der Waals surface area contributed by atoms with E-state index < -0.39 is 48.3 Å². The number of aliphatic hydroxyl groups excluding tert-OH is 4. The Bertz CT molecular complexity index is 318. The highest BCUT2D eigenvalue weighted by Crippen LogP contribution is 2.07. The smallest absolute Gasteiger partial charge is 0.326 e. The molecule has 0 bridgehead atoms. The van der Waals surface area contributed by atoms with Crippen LogP contribution in [0, 0.1) is 5.92 Å². The quantitative estimate of drug-likeness (QED) is 0.306. The van der Waals surface area contributed by atoms with Crippen LogP contribution in [0.3, 0.4) is 0 Å². The van der Waals surface area contributed by atoms with E-state index in [-0.39, 0.29) is 0 Å². The summed E-state index contributed by atoms with van der Waals surface area (Å²) in [6.07, 6.45) is -7.02. The lowest BCUT2D eigenvalue weighted by atomic mass is 10.0. The maximum atomic E-state index is 11.6. The van der Waals surface area contributed by atoms with Gasteiger partial charge in [-0.05, 0) is 12.8 Å². The molecule has 8 nitrogen and oxygen atoms in total. The van der Waals surface area contributed by atoms with Crippen molar-refractivity contribution in [2.24, 2.45) is 5.92 Å². The van der Waals surface area contributed by atoms with E-state index in [4.69, 9.17) is 10.2 Å². The molecule has 0 aliphatic rings. The molecule has 6 N–H and O–H groups in total. The van der Waals surface area contributed by atoms with Crippen molar-refractivity contribution in [2.75, 3.05) is 0 Å². The Morgan fingerprint density at radius 2 is 1.42 bits per heavy atom. The molecule has 0 aromatic rings. The van der Waals surface area contributed by atoms with Crippen LogP contribution in [-0.2, 0) is 9.59 Å². The molecular weight excluding hydrogens is 258 g/mol. The van der Waals surface area contributed by atoms with Gasteiger partial charge in [-0.15, -0.1) is 0 Å². The van der Waals surface area contributed by atoms with Crippen LogP contribution in [0.5, 0.6) is 0 Å².